The van der Waals surface area contributed by atoms with E-state index >= 15 is 0 Å². The van der Waals surface area contributed by atoms with Gasteiger partial charge in [-0.3, -0.25) is 24.6 Å². The maximum atomic E-state index is 13.1. The van der Waals surface area contributed by atoms with Crippen LogP contribution in [0.1, 0.15) is 32.3 Å². The molecule has 0 bridgehead atoms. The Hall–Kier alpha value is -1.92. The molecule has 3 amide bonds. The molecule has 1 aromatic rings. The molecular weight excluding hydrogens is 342 g/mol. The lowest BCUT2D eigenvalue weighted by Crippen LogP contribution is -2.52. The predicted molar refractivity (Wildman–Crippen MR) is 93.0 cm³/mol. The van der Waals surface area contributed by atoms with E-state index in [0.29, 0.717) is 22.8 Å². The van der Waals surface area contributed by atoms with Gasteiger partial charge in [-0.15, -0.1) is 0 Å². The Morgan fingerprint density at radius 2 is 2.00 bits per heavy atom. The molecule has 4 atom stereocenters. The summed E-state index contributed by atoms with van der Waals surface area (Å²) in [7, 11) is 0. The summed E-state index contributed by atoms with van der Waals surface area (Å²) in [6.07, 6.45) is 1.66. The highest BCUT2D eigenvalue weighted by Crippen LogP contribution is 2.53. The molecular formula is C18H20ClN3O3. The monoisotopic (exact) mass is 361 g/mol. The van der Waals surface area contributed by atoms with Crippen molar-refractivity contribution in [3.8, 4) is 0 Å². The molecule has 132 valence electrons. The van der Waals surface area contributed by atoms with Crippen LogP contribution in [0.4, 0.5) is 5.69 Å². The normalized spacial score (nSPS) is 33.2. The van der Waals surface area contributed by atoms with E-state index in [0.717, 1.165) is 12.8 Å². The van der Waals surface area contributed by atoms with Gasteiger partial charge in [-0.25, -0.2) is 0 Å². The van der Waals surface area contributed by atoms with Gasteiger partial charge < -0.3 is 5.32 Å². The first-order chi connectivity index (χ1) is 11.9. The number of unbranched alkanes of at least 4 members (excludes halogenated alkanes) is 1. The summed E-state index contributed by atoms with van der Waals surface area (Å²) in [5.74, 6) is -2.01. The summed E-state index contributed by atoms with van der Waals surface area (Å²) < 4.78 is 0. The summed E-state index contributed by atoms with van der Waals surface area (Å²) in [5.41, 5.74) is -0.0394. The predicted octanol–water partition coefficient (Wildman–Crippen LogP) is 1.88. The quantitative estimate of drug-likeness (QED) is 0.806. The Morgan fingerprint density at radius 3 is 2.72 bits per heavy atom. The first-order valence-electron chi connectivity index (χ1n) is 8.66. The number of nitrogens with zero attached hydrogens (tertiary/aromatic N) is 1. The summed E-state index contributed by atoms with van der Waals surface area (Å²) in [6, 6.07) is 4.99. The highest BCUT2D eigenvalue weighted by molar-refractivity contribution is 6.35. The van der Waals surface area contributed by atoms with Gasteiger partial charge in [-0.05, 0) is 19.4 Å². The summed E-state index contributed by atoms with van der Waals surface area (Å²) in [4.78, 5) is 40.2. The smallest absolute Gasteiger partial charge is 0.250 e. The van der Waals surface area contributed by atoms with Crippen LogP contribution in [0.15, 0.2) is 18.2 Å². The number of benzene rings is 1. The summed E-state index contributed by atoms with van der Waals surface area (Å²) in [6.45, 7) is 4.28. The minimum absolute atomic E-state index is 0.177. The number of hydrogen-bond acceptors (Lipinski definition) is 4. The summed E-state index contributed by atoms with van der Waals surface area (Å²) >= 11 is 6.23. The fourth-order valence-electron chi connectivity index (χ4n) is 4.55. The number of imide groups is 1. The van der Waals surface area contributed by atoms with Crippen LogP contribution in [-0.2, 0) is 19.9 Å². The molecule has 4 rings (SSSR count). The number of rotatable bonds is 3. The van der Waals surface area contributed by atoms with Crippen molar-refractivity contribution in [3.63, 3.8) is 0 Å². The standard InChI is InChI=1S/C18H20ClN3O3/c1-3-4-8-22-15(23)12-9(2)21-18(13(12)16(22)24)10-6-5-7-11(19)14(10)20-17(18)25/h5-7,9,12-13,21H,3-4,8H2,1-2H3,(H,20,25)/t9?,12-,13+,18?/m0/s1. The van der Waals surface area contributed by atoms with Crippen LogP contribution in [0, 0.1) is 11.8 Å². The molecule has 3 heterocycles. The lowest BCUT2D eigenvalue weighted by Gasteiger charge is -2.29. The minimum atomic E-state index is -1.22. The molecule has 0 radical (unpaired) electrons. The van der Waals surface area contributed by atoms with Gasteiger partial charge in [0.2, 0.25) is 17.7 Å². The zero-order valence-corrected chi connectivity index (χ0v) is 14.9. The van der Waals surface area contributed by atoms with E-state index in [1.54, 1.807) is 18.2 Å². The Bertz CT molecular complexity index is 796. The maximum Gasteiger partial charge on any atom is 0.250 e. The molecule has 2 fully saturated rings. The third kappa shape index (κ3) is 1.98. The van der Waals surface area contributed by atoms with Crippen LogP contribution >= 0.6 is 11.6 Å². The van der Waals surface area contributed by atoms with Crippen molar-refractivity contribution < 1.29 is 14.4 Å². The number of amides is 3. The van der Waals surface area contributed by atoms with E-state index in [2.05, 4.69) is 10.6 Å². The zero-order chi connectivity index (χ0) is 17.9. The average Bonchev–Trinajstić information content (AvgIpc) is 3.13. The van der Waals surface area contributed by atoms with Crippen LogP contribution in [0.5, 0.6) is 0 Å². The fraction of sp³-hybridized carbons (Fsp3) is 0.500. The second-order valence-corrected chi connectivity index (χ2v) is 7.45. The van der Waals surface area contributed by atoms with Crippen molar-refractivity contribution in [2.75, 3.05) is 11.9 Å². The van der Waals surface area contributed by atoms with E-state index < -0.39 is 17.4 Å². The van der Waals surface area contributed by atoms with Crippen LogP contribution in [0.3, 0.4) is 0 Å². The number of halogens is 1. The van der Waals surface area contributed by atoms with Crippen LogP contribution < -0.4 is 10.6 Å². The van der Waals surface area contributed by atoms with Gasteiger partial charge in [0, 0.05) is 18.2 Å². The van der Waals surface area contributed by atoms with Crippen molar-refractivity contribution in [2.24, 2.45) is 11.8 Å². The molecule has 1 aromatic carbocycles. The number of carbonyl (C=O) groups excluding carboxylic acids is 3. The van der Waals surface area contributed by atoms with E-state index in [9.17, 15) is 14.4 Å². The van der Waals surface area contributed by atoms with E-state index in [4.69, 9.17) is 11.6 Å². The molecule has 0 aromatic heterocycles. The number of hydrogen-bond donors (Lipinski definition) is 2. The maximum absolute atomic E-state index is 13.1. The molecule has 2 N–H and O–H groups in total. The molecule has 0 saturated carbocycles. The van der Waals surface area contributed by atoms with E-state index in [1.165, 1.54) is 4.90 Å². The zero-order valence-electron chi connectivity index (χ0n) is 14.1. The second-order valence-electron chi connectivity index (χ2n) is 7.04. The third-order valence-electron chi connectivity index (χ3n) is 5.67. The van der Waals surface area contributed by atoms with E-state index in [-0.39, 0.29) is 23.8 Å². The van der Waals surface area contributed by atoms with Crippen LogP contribution in [0.25, 0.3) is 0 Å². The third-order valence-corrected chi connectivity index (χ3v) is 5.99. The van der Waals surface area contributed by atoms with Crippen molar-refractivity contribution in [2.45, 2.75) is 38.3 Å². The number of para-hydroxylation sites is 1. The van der Waals surface area contributed by atoms with Gasteiger partial charge in [-0.2, -0.15) is 0 Å². The molecule has 0 aliphatic carbocycles. The van der Waals surface area contributed by atoms with Gasteiger partial charge >= 0.3 is 0 Å². The number of fused-ring (bicyclic) bond motifs is 4. The van der Waals surface area contributed by atoms with E-state index in [1.807, 2.05) is 13.8 Å². The van der Waals surface area contributed by atoms with Crippen LogP contribution in [0.2, 0.25) is 5.02 Å². The molecule has 2 unspecified atom stereocenters. The average molecular weight is 362 g/mol. The Morgan fingerprint density at radius 1 is 1.24 bits per heavy atom. The number of anilines is 1. The molecule has 3 aliphatic heterocycles. The second kappa shape index (κ2) is 5.54. The first-order valence-corrected chi connectivity index (χ1v) is 9.04. The Kier molecular flexibility index (Phi) is 3.67. The van der Waals surface area contributed by atoms with Crippen LogP contribution in [-0.4, -0.2) is 35.2 Å². The lowest BCUT2D eigenvalue weighted by molar-refractivity contribution is -0.142. The Balaban J connectivity index is 1.84. The molecule has 6 nitrogen and oxygen atoms in total. The SMILES string of the molecule is CCCCN1C(=O)[C@H]2C(C)NC3(C(=O)Nc4c(Cl)cccc43)[C@H]2C1=O. The highest BCUT2D eigenvalue weighted by atomic mass is 35.5. The number of carbonyl (C=O) groups is 3. The van der Waals surface area contributed by atoms with Gasteiger partial charge in [0.15, 0.2) is 0 Å². The minimum Gasteiger partial charge on any atom is -0.323 e. The van der Waals surface area contributed by atoms with Crippen molar-refractivity contribution >= 4 is 35.0 Å². The van der Waals surface area contributed by atoms with Gasteiger partial charge in [0.1, 0.15) is 5.54 Å². The van der Waals surface area contributed by atoms with Gasteiger partial charge in [0.05, 0.1) is 22.5 Å². The molecule has 25 heavy (non-hydrogen) atoms. The fourth-order valence-corrected chi connectivity index (χ4v) is 4.77. The first kappa shape index (κ1) is 16.5. The van der Waals surface area contributed by atoms with Crippen molar-refractivity contribution in [1.29, 1.82) is 0 Å². The molecule has 1 spiro atoms. The summed E-state index contributed by atoms with van der Waals surface area (Å²) in [5, 5.41) is 6.50. The molecule has 7 heteroatoms. The largest absolute Gasteiger partial charge is 0.323 e. The van der Waals surface area contributed by atoms with Crippen molar-refractivity contribution in [1.82, 2.24) is 10.2 Å². The highest BCUT2D eigenvalue weighted by Gasteiger charge is 2.69. The van der Waals surface area contributed by atoms with Crippen molar-refractivity contribution in [3.05, 3.63) is 28.8 Å². The molecule has 3 aliphatic rings. The topological polar surface area (TPSA) is 78.5 Å². The number of likely N-dealkylation sites (tertiary alicyclic amines) is 1. The molecule has 2 saturated heterocycles. The Labute approximate surface area is 150 Å². The lowest BCUT2D eigenvalue weighted by atomic mass is 9.76. The van der Waals surface area contributed by atoms with Gasteiger partial charge in [0.25, 0.3) is 0 Å². The van der Waals surface area contributed by atoms with Gasteiger partial charge in [-0.1, -0.05) is 37.1 Å². The number of nitrogens with one attached hydrogen (secondary N) is 2.